The molecule has 0 fully saturated rings. The Morgan fingerprint density at radius 3 is 2.78 bits per heavy atom. The summed E-state index contributed by atoms with van der Waals surface area (Å²) in [6.45, 7) is 3.10. The molecule has 1 rings (SSSR count). The highest BCUT2D eigenvalue weighted by molar-refractivity contribution is 6.32. The number of nitrogens with one attached hydrogen (secondary N) is 1. The molecule has 0 aliphatic carbocycles. The highest BCUT2D eigenvalue weighted by Crippen LogP contribution is 2.24. The van der Waals surface area contributed by atoms with Crippen LogP contribution >= 0.6 is 11.6 Å². The molecule has 0 aliphatic heterocycles. The number of ether oxygens (including phenoxy) is 2. The summed E-state index contributed by atoms with van der Waals surface area (Å²) in [6.07, 6.45) is 1.94. The third kappa shape index (κ3) is 6.19. The van der Waals surface area contributed by atoms with Gasteiger partial charge in [-0.1, -0.05) is 11.6 Å². The van der Waals surface area contributed by atoms with Crippen LogP contribution in [0.25, 0.3) is 0 Å². The van der Waals surface area contributed by atoms with Crippen molar-refractivity contribution >= 4 is 11.6 Å². The zero-order valence-electron chi connectivity index (χ0n) is 10.5. The Hall–Kier alpha value is -0.840. The molecule has 0 aliphatic rings. The molecule has 0 saturated heterocycles. The van der Waals surface area contributed by atoms with Gasteiger partial charge in [0.15, 0.2) is 0 Å². The molecule has 0 aromatic heterocycles. The number of methoxy groups -OCH3 is 1. The van der Waals surface area contributed by atoms with E-state index in [1.165, 1.54) is 12.1 Å². The van der Waals surface area contributed by atoms with Crippen LogP contribution in [0.1, 0.15) is 12.8 Å². The molecular formula is C13H19ClFNO2. The fraction of sp³-hybridized carbons (Fsp3) is 0.538. The smallest absolute Gasteiger partial charge is 0.138 e. The van der Waals surface area contributed by atoms with Crippen molar-refractivity contribution in [3.05, 3.63) is 29.0 Å². The number of unbranched alkanes of at least 4 members (excludes halogenated alkanes) is 1. The lowest BCUT2D eigenvalue weighted by molar-refractivity contribution is 0.199. The van der Waals surface area contributed by atoms with E-state index in [2.05, 4.69) is 5.32 Å². The fourth-order valence-corrected chi connectivity index (χ4v) is 1.65. The van der Waals surface area contributed by atoms with Crippen LogP contribution in [0.4, 0.5) is 4.39 Å². The van der Waals surface area contributed by atoms with Crippen molar-refractivity contribution in [1.29, 1.82) is 0 Å². The lowest BCUT2D eigenvalue weighted by Gasteiger charge is -2.08. The molecule has 5 heteroatoms. The maximum Gasteiger partial charge on any atom is 0.138 e. The van der Waals surface area contributed by atoms with Crippen molar-refractivity contribution < 1.29 is 13.9 Å². The molecule has 0 atom stereocenters. The van der Waals surface area contributed by atoms with Gasteiger partial charge < -0.3 is 14.8 Å². The van der Waals surface area contributed by atoms with Crippen LogP contribution in [0.5, 0.6) is 5.75 Å². The van der Waals surface area contributed by atoms with Gasteiger partial charge in [-0.25, -0.2) is 4.39 Å². The average molecular weight is 276 g/mol. The Balaban J connectivity index is 2.07. The van der Waals surface area contributed by atoms with Crippen molar-refractivity contribution in [1.82, 2.24) is 5.32 Å². The number of hydrogen-bond acceptors (Lipinski definition) is 3. The Kier molecular flexibility index (Phi) is 7.73. The first kappa shape index (κ1) is 15.2. The Bertz CT molecular complexity index is 350. The predicted molar refractivity (Wildman–Crippen MR) is 70.9 cm³/mol. The fourth-order valence-electron chi connectivity index (χ4n) is 1.43. The Morgan fingerprint density at radius 1 is 1.22 bits per heavy atom. The first-order chi connectivity index (χ1) is 8.74. The molecule has 3 nitrogen and oxygen atoms in total. The molecule has 0 amide bonds. The van der Waals surface area contributed by atoms with Gasteiger partial charge in [-0.05, 0) is 37.6 Å². The van der Waals surface area contributed by atoms with Gasteiger partial charge in [-0.3, -0.25) is 0 Å². The second kappa shape index (κ2) is 9.14. The van der Waals surface area contributed by atoms with E-state index in [4.69, 9.17) is 21.1 Å². The molecule has 0 saturated carbocycles. The zero-order chi connectivity index (χ0) is 13.2. The van der Waals surface area contributed by atoms with Crippen molar-refractivity contribution in [2.75, 3.05) is 33.4 Å². The summed E-state index contributed by atoms with van der Waals surface area (Å²) in [4.78, 5) is 0. The SMILES string of the molecule is COCCNCCCCOc1ccc(F)cc1Cl. The van der Waals surface area contributed by atoms with Gasteiger partial charge >= 0.3 is 0 Å². The van der Waals surface area contributed by atoms with Crippen molar-refractivity contribution in [3.8, 4) is 5.75 Å². The molecule has 18 heavy (non-hydrogen) atoms. The summed E-state index contributed by atoms with van der Waals surface area (Å²) in [5.74, 6) is 0.181. The summed E-state index contributed by atoms with van der Waals surface area (Å²) in [5, 5.41) is 3.56. The third-order valence-electron chi connectivity index (χ3n) is 2.38. The second-order valence-electron chi connectivity index (χ2n) is 3.87. The largest absolute Gasteiger partial charge is 0.492 e. The minimum atomic E-state index is -0.352. The van der Waals surface area contributed by atoms with Gasteiger partial charge in [-0.2, -0.15) is 0 Å². The maximum absolute atomic E-state index is 12.8. The van der Waals surface area contributed by atoms with Crippen LogP contribution < -0.4 is 10.1 Å². The van der Waals surface area contributed by atoms with Gasteiger partial charge in [0, 0.05) is 13.7 Å². The zero-order valence-corrected chi connectivity index (χ0v) is 11.3. The molecule has 1 N–H and O–H groups in total. The van der Waals surface area contributed by atoms with Crippen LogP contribution in [-0.4, -0.2) is 33.4 Å². The predicted octanol–water partition coefficient (Wildman–Crippen LogP) is 2.87. The highest BCUT2D eigenvalue weighted by atomic mass is 35.5. The van der Waals surface area contributed by atoms with Crippen molar-refractivity contribution in [2.45, 2.75) is 12.8 Å². The Labute approximate surface area is 112 Å². The molecular weight excluding hydrogens is 257 g/mol. The molecule has 0 radical (unpaired) electrons. The Morgan fingerprint density at radius 2 is 2.06 bits per heavy atom. The van der Waals surface area contributed by atoms with E-state index < -0.39 is 0 Å². The minimum absolute atomic E-state index is 0.313. The first-order valence-electron chi connectivity index (χ1n) is 6.01. The molecule has 1 aromatic carbocycles. The average Bonchev–Trinajstić information content (AvgIpc) is 2.35. The molecule has 1 aromatic rings. The highest BCUT2D eigenvalue weighted by Gasteiger charge is 2.02. The van der Waals surface area contributed by atoms with E-state index in [0.29, 0.717) is 17.4 Å². The van der Waals surface area contributed by atoms with E-state index in [-0.39, 0.29) is 5.82 Å². The third-order valence-corrected chi connectivity index (χ3v) is 2.68. The summed E-state index contributed by atoms with van der Waals surface area (Å²) >= 11 is 5.84. The molecule has 0 spiro atoms. The quantitative estimate of drug-likeness (QED) is 0.703. The monoisotopic (exact) mass is 275 g/mol. The van der Waals surface area contributed by atoms with Gasteiger partial charge in [0.2, 0.25) is 0 Å². The number of hydrogen-bond donors (Lipinski definition) is 1. The topological polar surface area (TPSA) is 30.5 Å². The van der Waals surface area contributed by atoms with E-state index in [0.717, 1.165) is 32.5 Å². The van der Waals surface area contributed by atoms with E-state index >= 15 is 0 Å². The molecule has 102 valence electrons. The molecule has 0 heterocycles. The maximum atomic E-state index is 12.8. The first-order valence-corrected chi connectivity index (χ1v) is 6.39. The molecule has 0 unspecified atom stereocenters. The number of halogens is 2. The van der Waals surface area contributed by atoms with Crippen molar-refractivity contribution in [2.24, 2.45) is 0 Å². The van der Waals surface area contributed by atoms with Gasteiger partial charge in [-0.15, -0.1) is 0 Å². The lowest BCUT2D eigenvalue weighted by Crippen LogP contribution is -2.20. The van der Waals surface area contributed by atoms with Crippen LogP contribution in [0.15, 0.2) is 18.2 Å². The number of benzene rings is 1. The standard InChI is InChI=1S/C13H19ClFNO2/c1-17-9-7-16-6-2-3-8-18-13-5-4-11(15)10-12(13)14/h4-5,10,16H,2-3,6-9H2,1H3. The van der Waals surface area contributed by atoms with Gasteiger partial charge in [0.25, 0.3) is 0 Å². The minimum Gasteiger partial charge on any atom is -0.492 e. The number of rotatable bonds is 9. The summed E-state index contributed by atoms with van der Waals surface area (Å²) in [7, 11) is 1.68. The van der Waals surface area contributed by atoms with Crippen LogP contribution in [0.2, 0.25) is 5.02 Å². The van der Waals surface area contributed by atoms with Crippen LogP contribution in [0.3, 0.4) is 0 Å². The molecule has 0 bridgehead atoms. The van der Waals surface area contributed by atoms with E-state index in [9.17, 15) is 4.39 Å². The van der Waals surface area contributed by atoms with Gasteiger partial charge in [0.05, 0.1) is 18.2 Å². The lowest BCUT2D eigenvalue weighted by atomic mass is 10.3. The van der Waals surface area contributed by atoms with Crippen LogP contribution in [-0.2, 0) is 4.74 Å². The van der Waals surface area contributed by atoms with E-state index in [1.54, 1.807) is 13.2 Å². The summed E-state index contributed by atoms with van der Waals surface area (Å²) < 4.78 is 23.2. The summed E-state index contributed by atoms with van der Waals surface area (Å²) in [6, 6.07) is 4.14. The normalized spacial score (nSPS) is 10.6. The van der Waals surface area contributed by atoms with Crippen LogP contribution in [0, 0.1) is 5.82 Å². The van der Waals surface area contributed by atoms with E-state index in [1.807, 2.05) is 0 Å². The summed E-state index contributed by atoms with van der Waals surface area (Å²) in [5.41, 5.74) is 0. The van der Waals surface area contributed by atoms with Crippen molar-refractivity contribution in [3.63, 3.8) is 0 Å². The second-order valence-corrected chi connectivity index (χ2v) is 4.28. The van der Waals surface area contributed by atoms with Gasteiger partial charge in [0.1, 0.15) is 11.6 Å².